The van der Waals surface area contributed by atoms with Crippen LogP contribution >= 0.6 is 43.2 Å². The molecule has 0 atom stereocenters. The maximum Gasteiger partial charge on any atom is 0.275 e. The summed E-state index contributed by atoms with van der Waals surface area (Å²) in [5.41, 5.74) is 1.54. The second-order valence-electron chi connectivity index (χ2n) is 4.26. The minimum absolute atomic E-state index is 0.0416. The number of rotatable bonds is 1. The van der Waals surface area contributed by atoms with E-state index in [4.69, 9.17) is 0 Å². The Kier molecular flexibility index (Phi) is 3.32. The monoisotopic (exact) mass is 435 g/mol. The molecule has 20 heavy (non-hydrogen) atoms. The van der Waals surface area contributed by atoms with Crippen molar-refractivity contribution in [2.75, 3.05) is 4.31 Å². The van der Waals surface area contributed by atoms with Gasteiger partial charge in [0.15, 0.2) is 0 Å². The van der Waals surface area contributed by atoms with Gasteiger partial charge in [0.1, 0.15) is 4.90 Å². The second-order valence-corrected chi connectivity index (χ2v) is 9.64. The number of halogens is 2. The summed E-state index contributed by atoms with van der Waals surface area (Å²) in [5, 5.41) is 0. The van der Waals surface area contributed by atoms with E-state index in [0.717, 1.165) is 9.87 Å². The van der Waals surface area contributed by atoms with Crippen LogP contribution in [0, 0.1) is 6.92 Å². The van der Waals surface area contributed by atoms with Crippen molar-refractivity contribution in [3.8, 4) is 0 Å². The van der Waals surface area contributed by atoms with Crippen molar-refractivity contribution >= 4 is 64.8 Å². The van der Waals surface area contributed by atoms with Gasteiger partial charge in [-0.3, -0.25) is 4.79 Å². The number of anilines is 1. The molecule has 0 fully saturated rings. The van der Waals surface area contributed by atoms with Crippen molar-refractivity contribution in [3.63, 3.8) is 0 Å². The number of hydrogen-bond acceptors (Lipinski definition) is 4. The number of thiophene rings is 1. The minimum Gasteiger partial charge on any atom is -0.267 e. The van der Waals surface area contributed by atoms with Crippen LogP contribution in [0.3, 0.4) is 0 Å². The zero-order chi connectivity index (χ0) is 14.7. The predicted octanol–water partition coefficient (Wildman–Crippen LogP) is 3.93. The van der Waals surface area contributed by atoms with E-state index in [2.05, 4.69) is 31.9 Å². The molecule has 3 rings (SSSR count). The molecule has 2 aromatic rings. The summed E-state index contributed by atoms with van der Waals surface area (Å²) in [6.07, 6.45) is 0. The molecule has 104 valence electrons. The largest absolute Gasteiger partial charge is 0.275 e. The SMILES string of the molecule is Cc1ccc(N2C(=O)c3c(Br)sc(Br)c3S2(=O)=O)cc1. The number of aryl methyl sites for hydroxylation is 1. The predicted molar refractivity (Wildman–Crippen MR) is 84.9 cm³/mol. The molecule has 0 spiro atoms. The Morgan fingerprint density at radius 3 is 2.25 bits per heavy atom. The third-order valence-electron chi connectivity index (χ3n) is 2.95. The highest BCUT2D eigenvalue weighted by Gasteiger charge is 2.46. The van der Waals surface area contributed by atoms with Gasteiger partial charge in [-0.2, -0.15) is 4.31 Å². The first kappa shape index (κ1) is 14.2. The van der Waals surface area contributed by atoms with Gasteiger partial charge in [-0.15, -0.1) is 11.3 Å². The number of hydrogen-bond donors (Lipinski definition) is 0. The number of nitrogens with zero attached hydrogens (tertiary/aromatic N) is 1. The number of sulfonamides is 1. The van der Waals surface area contributed by atoms with E-state index in [9.17, 15) is 13.2 Å². The van der Waals surface area contributed by atoms with Crippen LogP contribution in [0.5, 0.6) is 0 Å². The second kappa shape index (κ2) is 4.66. The van der Waals surface area contributed by atoms with Crippen molar-refractivity contribution in [1.29, 1.82) is 0 Å². The zero-order valence-corrected chi connectivity index (χ0v) is 14.9. The Morgan fingerprint density at radius 2 is 1.70 bits per heavy atom. The number of carbonyl (C=O) groups is 1. The van der Waals surface area contributed by atoms with E-state index in [-0.39, 0.29) is 10.5 Å². The van der Waals surface area contributed by atoms with Gasteiger partial charge in [0, 0.05) is 0 Å². The molecule has 0 unspecified atom stereocenters. The summed E-state index contributed by atoms with van der Waals surface area (Å²) in [6, 6.07) is 6.80. The Hall–Kier alpha value is -0.700. The first-order chi connectivity index (χ1) is 9.34. The minimum atomic E-state index is -3.85. The van der Waals surface area contributed by atoms with Crippen LogP contribution in [-0.2, 0) is 10.0 Å². The first-order valence-electron chi connectivity index (χ1n) is 5.48. The quantitative estimate of drug-likeness (QED) is 0.680. The van der Waals surface area contributed by atoms with Crippen LogP contribution in [0.15, 0.2) is 36.7 Å². The Labute approximate surface area is 136 Å². The molecule has 0 bridgehead atoms. The standard InChI is InChI=1S/C12H7Br2NO3S2/c1-6-2-4-7(5-3-6)15-12(16)8-9(20(15,17)18)11(14)19-10(8)13/h2-5H,1H3. The zero-order valence-electron chi connectivity index (χ0n) is 10.1. The van der Waals surface area contributed by atoms with Gasteiger partial charge in [0.2, 0.25) is 0 Å². The summed E-state index contributed by atoms with van der Waals surface area (Å²) in [4.78, 5) is 12.5. The van der Waals surface area contributed by atoms with E-state index >= 15 is 0 Å². The number of benzene rings is 1. The molecule has 1 aromatic heterocycles. The van der Waals surface area contributed by atoms with Crippen LogP contribution in [0.25, 0.3) is 0 Å². The molecular weight excluding hydrogens is 430 g/mol. The Bertz CT molecular complexity index is 825. The van der Waals surface area contributed by atoms with E-state index in [1.807, 2.05) is 6.92 Å². The lowest BCUT2D eigenvalue weighted by Gasteiger charge is -2.15. The molecule has 1 amide bonds. The van der Waals surface area contributed by atoms with E-state index in [1.54, 1.807) is 24.3 Å². The van der Waals surface area contributed by atoms with Crippen LogP contribution < -0.4 is 4.31 Å². The summed E-state index contributed by atoms with van der Waals surface area (Å²) >= 11 is 7.65. The van der Waals surface area contributed by atoms with Crippen LogP contribution in [-0.4, -0.2) is 14.3 Å². The summed E-state index contributed by atoms with van der Waals surface area (Å²) in [5.74, 6) is -0.530. The van der Waals surface area contributed by atoms with Crippen molar-refractivity contribution < 1.29 is 13.2 Å². The van der Waals surface area contributed by atoms with Crippen LogP contribution in [0.4, 0.5) is 5.69 Å². The number of amides is 1. The van der Waals surface area contributed by atoms with Gasteiger partial charge in [-0.05, 0) is 50.9 Å². The Morgan fingerprint density at radius 1 is 1.10 bits per heavy atom. The molecule has 1 aromatic carbocycles. The highest BCUT2D eigenvalue weighted by Crippen LogP contribution is 2.47. The molecule has 0 aliphatic carbocycles. The topological polar surface area (TPSA) is 54.5 Å². The van der Waals surface area contributed by atoms with E-state index < -0.39 is 15.9 Å². The van der Waals surface area contributed by atoms with Gasteiger partial charge in [0.25, 0.3) is 15.9 Å². The maximum atomic E-state index is 12.6. The first-order valence-corrected chi connectivity index (χ1v) is 9.32. The molecule has 0 saturated heterocycles. The normalized spacial score (nSPS) is 16.6. The fraction of sp³-hybridized carbons (Fsp3) is 0.0833. The van der Waals surface area contributed by atoms with Crippen LogP contribution in [0.1, 0.15) is 15.9 Å². The summed E-state index contributed by atoms with van der Waals surface area (Å²) in [7, 11) is -3.85. The number of carbonyl (C=O) groups excluding carboxylic acids is 1. The van der Waals surface area contributed by atoms with Crippen molar-refractivity contribution in [1.82, 2.24) is 0 Å². The average Bonchev–Trinajstić information content (AvgIpc) is 2.77. The molecule has 0 N–H and O–H groups in total. The van der Waals surface area contributed by atoms with Gasteiger partial charge in [0.05, 0.1) is 18.8 Å². The maximum absolute atomic E-state index is 12.6. The van der Waals surface area contributed by atoms with Gasteiger partial charge in [-0.1, -0.05) is 17.7 Å². The van der Waals surface area contributed by atoms with Gasteiger partial charge >= 0.3 is 0 Å². The van der Waals surface area contributed by atoms with Crippen molar-refractivity contribution in [2.45, 2.75) is 11.8 Å². The highest BCUT2D eigenvalue weighted by atomic mass is 79.9. The number of fused-ring (bicyclic) bond motifs is 1. The molecule has 2 heterocycles. The van der Waals surface area contributed by atoms with Crippen LogP contribution in [0.2, 0.25) is 0 Å². The molecule has 0 saturated carbocycles. The van der Waals surface area contributed by atoms with Gasteiger partial charge in [-0.25, -0.2) is 8.42 Å². The van der Waals surface area contributed by atoms with E-state index in [0.29, 0.717) is 13.3 Å². The van der Waals surface area contributed by atoms with Crippen molar-refractivity contribution in [3.05, 3.63) is 43.0 Å². The smallest absolute Gasteiger partial charge is 0.267 e. The third kappa shape index (κ3) is 1.89. The molecule has 8 heteroatoms. The fourth-order valence-electron chi connectivity index (χ4n) is 2.01. The van der Waals surface area contributed by atoms with Crippen molar-refractivity contribution in [2.24, 2.45) is 0 Å². The molecular formula is C12H7Br2NO3S2. The third-order valence-corrected chi connectivity index (χ3v) is 7.65. The highest BCUT2D eigenvalue weighted by molar-refractivity contribution is 9.12. The lowest BCUT2D eigenvalue weighted by atomic mass is 10.2. The molecule has 0 radical (unpaired) electrons. The Balaban J connectivity index is 2.24. The summed E-state index contributed by atoms with van der Waals surface area (Å²) in [6.45, 7) is 1.90. The lowest BCUT2D eigenvalue weighted by Crippen LogP contribution is -2.29. The fourth-order valence-corrected chi connectivity index (χ4v) is 7.64. The summed E-state index contributed by atoms with van der Waals surface area (Å²) < 4.78 is 26.9. The van der Waals surface area contributed by atoms with Gasteiger partial charge < -0.3 is 0 Å². The molecule has 1 aliphatic rings. The average molecular weight is 437 g/mol. The molecule has 1 aliphatic heterocycles. The molecule has 4 nitrogen and oxygen atoms in total. The van der Waals surface area contributed by atoms with E-state index in [1.165, 1.54) is 11.3 Å². The lowest BCUT2D eigenvalue weighted by molar-refractivity contribution is 0.101.